The first kappa shape index (κ1) is 10.5. The average molecular weight is 236 g/mol. The van der Waals surface area contributed by atoms with Gasteiger partial charge in [-0.15, -0.1) is 0 Å². The standard InChI is InChI=1S/C7H7Cl2N3S/c8-5-2-1-4(3-6(5)9)11-7(13)12-10/h1-3H,10H2,(H2,11,12,13). The second-order valence-electron chi connectivity index (χ2n) is 2.23. The molecule has 1 aromatic rings. The molecule has 70 valence electrons. The zero-order valence-corrected chi connectivity index (χ0v) is 8.80. The van der Waals surface area contributed by atoms with Gasteiger partial charge in [0.25, 0.3) is 0 Å². The van der Waals surface area contributed by atoms with Gasteiger partial charge in [-0.25, -0.2) is 5.84 Å². The highest BCUT2D eigenvalue weighted by atomic mass is 35.5. The van der Waals surface area contributed by atoms with E-state index in [1.807, 2.05) is 0 Å². The molecule has 0 saturated carbocycles. The topological polar surface area (TPSA) is 50.1 Å². The van der Waals surface area contributed by atoms with Crippen LogP contribution in [-0.4, -0.2) is 5.11 Å². The zero-order chi connectivity index (χ0) is 9.84. The number of hydrazine groups is 1. The highest BCUT2D eigenvalue weighted by Gasteiger charge is 1.99. The van der Waals surface area contributed by atoms with Crippen molar-refractivity contribution in [2.24, 2.45) is 5.84 Å². The molecule has 0 aromatic heterocycles. The number of anilines is 1. The van der Waals surface area contributed by atoms with E-state index in [1.54, 1.807) is 18.2 Å². The fourth-order valence-electron chi connectivity index (χ4n) is 0.741. The van der Waals surface area contributed by atoms with Gasteiger partial charge < -0.3 is 10.7 Å². The fraction of sp³-hybridized carbons (Fsp3) is 0. The molecule has 6 heteroatoms. The number of benzene rings is 1. The van der Waals surface area contributed by atoms with Crippen molar-refractivity contribution in [3.63, 3.8) is 0 Å². The molecule has 0 spiro atoms. The minimum absolute atomic E-state index is 0.318. The van der Waals surface area contributed by atoms with Gasteiger partial charge in [0, 0.05) is 5.69 Å². The Labute approximate surface area is 91.2 Å². The Hall–Kier alpha value is -0.550. The van der Waals surface area contributed by atoms with Gasteiger partial charge >= 0.3 is 0 Å². The van der Waals surface area contributed by atoms with E-state index in [9.17, 15) is 0 Å². The number of nitrogens with two attached hydrogens (primary N) is 1. The molecule has 4 N–H and O–H groups in total. The molecule has 0 aliphatic carbocycles. The molecule has 0 radical (unpaired) electrons. The summed E-state index contributed by atoms with van der Waals surface area (Å²) >= 11 is 16.3. The van der Waals surface area contributed by atoms with Gasteiger partial charge in [-0.3, -0.25) is 0 Å². The Morgan fingerprint density at radius 3 is 2.54 bits per heavy atom. The number of nitrogens with one attached hydrogen (secondary N) is 2. The van der Waals surface area contributed by atoms with E-state index >= 15 is 0 Å². The Balaban J connectivity index is 2.79. The Bertz CT molecular complexity index is 330. The third-order valence-corrected chi connectivity index (χ3v) is 2.27. The molecular weight excluding hydrogens is 229 g/mol. The molecule has 1 aromatic carbocycles. The van der Waals surface area contributed by atoms with Crippen molar-refractivity contribution in [2.45, 2.75) is 0 Å². The Morgan fingerprint density at radius 2 is 2.00 bits per heavy atom. The van der Waals surface area contributed by atoms with Crippen molar-refractivity contribution in [1.82, 2.24) is 5.43 Å². The van der Waals surface area contributed by atoms with E-state index in [0.717, 1.165) is 5.69 Å². The van der Waals surface area contributed by atoms with Crippen molar-refractivity contribution in [3.05, 3.63) is 28.2 Å². The molecule has 13 heavy (non-hydrogen) atoms. The number of hydrogen-bond donors (Lipinski definition) is 3. The maximum atomic E-state index is 5.77. The maximum Gasteiger partial charge on any atom is 0.185 e. The van der Waals surface area contributed by atoms with E-state index < -0.39 is 0 Å². The molecule has 0 aliphatic heterocycles. The highest BCUT2D eigenvalue weighted by molar-refractivity contribution is 7.80. The van der Waals surface area contributed by atoms with Crippen LogP contribution in [0.4, 0.5) is 5.69 Å². The number of thiocarbonyl (C=S) groups is 1. The molecule has 0 heterocycles. The largest absolute Gasteiger partial charge is 0.332 e. The number of halogens is 2. The van der Waals surface area contributed by atoms with Crippen molar-refractivity contribution in [3.8, 4) is 0 Å². The van der Waals surface area contributed by atoms with Crippen molar-refractivity contribution < 1.29 is 0 Å². The summed E-state index contributed by atoms with van der Waals surface area (Å²) in [6.07, 6.45) is 0. The van der Waals surface area contributed by atoms with Crippen LogP contribution in [0.15, 0.2) is 18.2 Å². The molecule has 0 aliphatic rings. The normalized spacial score (nSPS) is 9.46. The van der Waals surface area contributed by atoms with Crippen LogP contribution in [0.25, 0.3) is 0 Å². The lowest BCUT2D eigenvalue weighted by molar-refractivity contribution is 1.04. The molecule has 0 saturated heterocycles. The highest BCUT2D eigenvalue weighted by Crippen LogP contribution is 2.24. The van der Waals surface area contributed by atoms with Gasteiger partial charge in [-0.1, -0.05) is 23.2 Å². The molecule has 0 amide bonds. The molecule has 0 unspecified atom stereocenters. The SMILES string of the molecule is NNC(=S)Nc1ccc(Cl)c(Cl)c1. The summed E-state index contributed by atoms with van der Waals surface area (Å²) in [5.74, 6) is 5.08. The number of hydrogen-bond acceptors (Lipinski definition) is 2. The molecule has 0 fully saturated rings. The lowest BCUT2D eigenvalue weighted by Crippen LogP contribution is -2.34. The van der Waals surface area contributed by atoms with Crippen LogP contribution < -0.4 is 16.6 Å². The van der Waals surface area contributed by atoms with Gasteiger partial charge in [0.15, 0.2) is 5.11 Å². The van der Waals surface area contributed by atoms with Crippen molar-refractivity contribution >= 4 is 46.2 Å². The fourth-order valence-corrected chi connectivity index (χ4v) is 1.16. The monoisotopic (exact) mass is 235 g/mol. The van der Waals surface area contributed by atoms with Crippen LogP contribution in [0.3, 0.4) is 0 Å². The molecular formula is C7H7Cl2N3S. The zero-order valence-electron chi connectivity index (χ0n) is 6.47. The summed E-state index contributed by atoms with van der Waals surface area (Å²) in [4.78, 5) is 0. The second kappa shape index (κ2) is 4.62. The summed E-state index contributed by atoms with van der Waals surface area (Å²) in [6.45, 7) is 0. The van der Waals surface area contributed by atoms with E-state index in [2.05, 4.69) is 10.7 Å². The van der Waals surface area contributed by atoms with E-state index in [1.165, 1.54) is 0 Å². The molecule has 1 rings (SSSR count). The maximum absolute atomic E-state index is 5.77. The summed E-state index contributed by atoms with van der Waals surface area (Å²) < 4.78 is 0. The minimum atomic E-state index is 0.318. The predicted molar refractivity (Wildman–Crippen MR) is 60.0 cm³/mol. The van der Waals surface area contributed by atoms with Crippen LogP contribution in [0, 0.1) is 0 Å². The third kappa shape index (κ3) is 3.00. The van der Waals surface area contributed by atoms with Crippen molar-refractivity contribution in [2.75, 3.05) is 5.32 Å². The van der Waals surface area contributed by atoms with Crippen LogP contribution in [0.5, 0.6) is 0 Å². The average Bonchev–Trinajstić information content (AvgIpc) is 2.11. The van der Waals surface area contributed by atoms with Crippen LogP contribution in [-0.2, 0) is 0 Å². The summed E-state index contributed by atoms with van der Waals surface area (Å²) in [7, 11) is 0. The summed E-state index contributed by atoms with van der Waals surface area (Å²) in [6, 6.07) is 5.08. The Kier molecular flexibility index (Phi) is 3.74. The summed E-state index contributed by atoms with van der Waals surface area (Å²) in [5.41, 5.74) is 3.03. The van der Waals surface area contributed by atoms with Gasteiger partial charge in [0.1, 0.15) is 0 Å². The quantitative estimate of drug-likeness (QED) is 0.397. The summed E-state index contributed by atoms with van der Waals surface area (Å²) in [5, 5.41) is 4.09. The van der Waals surface area contributed by atoms with Crippen LogP contribution in [0.1, 0.15) is 0 Å². The first-order valence-electron chi connectivity index (χ1n) is 3.36. The van der Waals surface area contributed by atoms with Crippen LogP contribution in [0.2, 0.25) is 10.0 Å². The van der Waals surface area contributed by atoms with E-state index in [0.29, 0.717) is 15.2 Å². The first-order chi connectivity index (χ1) is 6.13. The van der Waals surface area contributed by atoms with Crippen molar-refractivity contribution in [1.29, 1.82) is 0 Å². The van der Waals surface area contributed by atoms with Gasteiger partial charge in [-0.05, 0) is 30.4 Å². The molecule has 0 bridgehead atoms. The second-order valence-corrected chi connectivity index (χ2v) is 3.45. The first-order valence-corrected chi connectivity index (χ1v) is 4.52. The predicted octanol–water partition coefficient (Wildman–Crippen LogP) is 2.15. The van der Waals surface area contributed by atoms with E-state index in [4.69, 9.17) is 41.3 Å². The smallest absolute Gasteiger partial charge is 0.185 e. The Morgan fingerprint density at radius 1 is 1.31 bits per heavy atom. The van der Waals surface area contributed by atoms with Crippen LogP contribution >= 0.6 is 35.4 Å². The molecule has 0 atom stereocenters. The minimum Gasteiger partial charge on any atom is -0.332 e. The number of rotatable bonds is 1. The van der Waals surface area contributed by atoms with Gasteiger partial charge in [0.2, 0.25) is 0 Å². The van der Waals surface area contributed by atoms with Gasteiger partial charge in [0.05, 0.1) is 10.0 Å². The van der Waals surface area contributed by atoms with E-state index in [-0.39, 0.29) is 0 Å². The van der Waals surface area contributed by atoms with Gasteiger partial charge in [-0.2, -0.15) is 0 Å². The molecule has 3 nitrogen and oxygen atoms in total. The third-order valence-electron chi connectivity index (χ3n) is 1.31. The lowest BCUT2D eigenvalue weighted by atomic mass is 10.3. The lowest BCUT2D eigenvalue weighted by Gasteiger charge is -2.07.